The van der Waals surface area contributed by atoms with E-state index in [4.69, 9.17) is 4.42 Å². The number of nitrogens with zero attached hydrogens (tertiary/aromatic N) is 2. The second-order valence-corrected chi connectivity index (χ2v) is 5.39. The minimum absolute atomic E-state index is 0.0410. The Morgan fingerprint density at radius 2 is 2.13 bits per heavy atom. The molecule has 2 aromatic rings. The van der Waals surface area contributed by atoms with Gasteiger partial charge in [0, 0.05) is 31.5 Å². The van der Waals surface area contributed by atoms with Gasteiger partial charge in [-0.15, -0.1) is 0 Å². The molecule has 2 amide bonds. The van der Waals surface area contributed by atoms with Crippen LogP contribution in [0.3, 0.4) is 0 Å². The number of hydrogen-bond donors (Lipinski definition) is 2. The lowest BCUT2D eigenvalue weighted by molar-refractivity contribution is -0.121. The maximum Gasteiger partial charge on any atom is 0.240 e. The van der Waals surface area contributed by atoms with Crippen LogP contribution < -0.4 is 10.7 Å². The van der Waals surface area contributed by atoms with Crippen molar-refractivity contribution in [3.05, 3.63) is 30.2 Å². The highest BCUT2D eigenvalue weighted by Gasteiger charge is 2.13. The van der Waals surface area contributed by atoms with Gasteiger partial charge in [0.05, 0.1) is 0 Å². The largest absolute Gasteiger partial charge is 0.441 e. The van der Waals surface area contributed by atoms with Crippen LogP contribution >= 0.6 is 0 Å². The second kappa shape index (κ2) is 7.04. The molecule has 1 aromatic carbocycles. The van der Waals surface area contributed by atoms with Gasteiger partial charge in [0.15, 0.2) is 11.5 Å². The molecule has 1 aromatic heterocycles. The van der Waals surface area contributed by atoms with Gasteiger partial charge in [0.25, 0.3) is 0 Å². The SMILES string of the molecule is O=C(CCC1=NNC(=O)CC1)NCCc1nc2ccccc2o1. The molecule has 3 rings (SSSR count). The predicted molar refractivity (Wildman–Crippen MR) is 84.8 cm³/mol. The molecule has 0 saturated heterocycles. The van der Waals surface area contributed by atoms with Crippen molar-refractivity contribution in [1.29, 1.82) is 0 Å². The van der Waals surface area contributed by atoms with Crippen molar-refractivity contribution < 1.29 is 14.0 Å². The average molecular weight is 314 g/mol. The van der Waals surface area contributed by atoms with Crippen LogP contribution in [-0.2, 0) is 16.0 Å². The number of carbonyl (C=O) groups is 2. The number of benzene rings is 1. The fourth-order valence-corrected chi connectivity index (χ4v) is 2.37. The van der Waals surface area contributed by atoms with Crippen LogP contribution in [0.15, 0.2) is 33.8 Å². The zero-order valence-electron chi connectivity index (χ0n) is 12.7. The Balaban J connectivity index is 1.40. The maximum atomic E-state index is 11.8. The van der Waals surface area contributed by atoms with Crippen LogP contribution in [0.5, 0.6) is 0 Å². The van der Waals surface area contributed by atoms with E-state index in [1.165, 1.54) is 0 Å². The number of nitrogens with one attached hydrogen (secondary N) is 2. The Kier molecular flexibility index (Phi) is 4.65. The normalized spacial score (nSPS) is 14.4. The second-order valence-electron chi connectivity index (χ2n) is 5.39. The van der Waals surface area contributed by atoms with Gasteiger partial charge in [-0.3, -0.25) is 9.59 Å². The number of amides is 2. The van der Waals surface area contributed by atoms with Gasteiger partial charge in [-0.2, -0.15) is 5.10 Å². The topological polar surface area (TPSA) is 96.6 Å². The minimum Gasteiger partial charge on any atom is -0.441 e. The molecule has 1 aliphatic rings. The highest BCUT2D eigenvalue weighted by atomic mass is 16.3. The van der Waals surface area contributed by atoms with Crippen molar-refractivity contribution in [3.8, 4) is 0 Å². The summed E-state index contributed by atoms with van der Waals surface area (Å²) in [6, 6.07) is 7.57. The Morgan fingerprint density at radius 1 is 1.26 bits per heavy atom. The summed E-state index contributed by atoms with van der Waals surface area (Å²) in [5.74, 6) is 0.503. The number of rotatable bonds is 6. The number of fused-ring (bicyclic) bond motifs is 1. The molecule has 0 radical (unpaired) electrons. The van der Waals surface area contributed by atoms with E-state index >= 15 is 0 Å². The molecule has 7 nitrogen and oxygen atoms in total. The lowest BCUT2D eigenvalue weighted by atomic mass is 10.1. The van der Waals surface area contributed by atoms with E-state index in [1.807, 2.05) is 24.3 Å². The third kappa shape index (κ3) is 4.15. The van der Waals surface area contributed by atoms with Gasteiger partial charge in [0.1, 0.15) is 5.52 Å². The van der Waals surface area contributed by atoms with Gasteiger partial charge in [0.2, 0.25) is 11.8 Å². The molecule has 0 fully saturated rings. The van der Waals surface area contributed by atoms with E-state index in [9.17, 15) is 9.59 Å². The van der Waals surface area contributed by atoms with E-state index in [0.717, 1.165) is 16.8 Å². The van der Waals surface area contributed by atoms with Gasteiger partial charge in [-0.05, 0) is 25.0 Å². The van der Waals surface area contributed by atoms with Crippen molar-refractivity contribution in [2.75, 3.05) is 6.54 Å². The fourth-order valence-electron chi connectivity index (χ4n) is 2.37. The summed E-state index contributed by atoms with van der Waals surface area (Å²) < 4.78 is 5.59. The van der Waals surface area contributed by atoms with Crippen LogP contribution in [0.2, 0.25) is 0 Å². The summed E-state index contributed by atoms with van der Waals surface area (Å²) in [4.78, 5) is 27.1. The van der Waals surface area contributed by atoms with E-state index in [0.29, 0.717) is 44.5 Å². The molecule has 23 heavy (non-hydrogen) atoms. The van der Waals surface area contributed by atoms with Crippen molar-refractivity contribution in [2.24, 2.45) is 5.10 Å². The fraction of sp³-hybridized carbons (Fsp3) is 0.375. The van der Waals surface area contributed by atoms with Gasteiger partial charge in [-0.25, -0.2) is 10.4 Å². The summed E-state index contributed by atoms with van der Waals surface area (Å²) in [6.07, 6.45) is 2.55. The van der Waals surface area contributed by atoms with E-state index < -0.39 is 0 Å². The number of hydrogen-bond acceptors (Lipinski definition) is 5. The summed E-state index contributed by atoms with van der Waals surface area (Å²) >= 11 is 0. The van der Waals surface area contributed by atoms with Crippen LogP contribution in [0.4, 0.5) is 0 Å². The van der Waals surface area contributed by atoms with Crippen molar-refractivity contribution in [1.82, 2.24) is 15.7 Å². The van der Waals surface area contributed by atoms with E-state index in [2.05, 4.69) is 20.8 Å². The summed E-state index contributed by atoms with van der Waals surface area (Å²) in [5.41, 5.74) is 4.87. The minimum atomic E-state index is -0.0727. The number of aromatic nitrogens is 1. The summed E-state index contributed by atoms with van der Waals surface area (Å²) in [6.45, 7) is 0.481. The van der Waals surface area contributed by atoms with Crippen molar-refractivity contribution in [3.63, 3.8) is 0 Å². The Bertz CT molecular complexity index is 718. The third-order valence-electron chi connectivity index (χ3n) is 3.62. The van der Waals surface area contributed by atoms with Gasteiger partial charge >= 0.3 is 0 Å². The van der Waals surface area contributed by atoms with Crippen molar-refractivity contribution >= 4 is 28.6 Å². The molecule has 0 aliphatic carbocycles. The quantitative estimate of drug-likeness (QED) is 0.845. The zero-order valence-corrected chi connectivity index (χ0v) is 12.7. The standard InChI is InChI=1S/C16H18N4O3/c21-14(7-5-11-6-8-15(22)20-19-11)17-10-9-16-18-12-3-1-2-4-13(12)23-16/h1-4H,5-10H2,(H,17,21)(H,20,22). The first kappa shape index (κ1) is 15.2. The van der Waals surface area contributed by atoms with E-state index in [-0.39, 0.29) is 11.8 Å². The van der Waals surface area contributed by atoms with Crippen LogP contribution in [0.1, 0.15) is 31.6 Å². The average Bonchev–Trinajstić information content (AvgIpc) is 2.97. The zero-order chi connectivity index (χ0) is 16.1. The van der Waals surface area contributed by atoms with E-state index in [1.54, 1.807) is 0 Å². The van der Waals surface area contributed by atoms with Gasteiger partial charge in [-0.1, -0.05) is 12.1 Å². The third-order valence-corrected chi connectivity index (χ3v) is 3.62. The molecule has 120 valence electrons. The lowest BCUT2D eigenvalue weighted by Gasteiger charge is -2.11. The van der Waals surface area contributed by atoms with Crippen LogP contribution in [0.25, 0.3) is 11.1 Å². The molecule has 2 heterocycles. The highest BCUT2D eigenvalue weighted by molar-refractivity contribution is 5.94. The maximum absolute atomic E-state index is 11.8. The molecule has 1 aliphatic heterocycles. The predicted octanol–water partition coefficient (Wildman–Crippen LogP) is 1.53. The number of hydrazone groups is 1. The number of para-hydroxylation sites is 2. The van der Waals surface area contributed by atoms with Gasteiger partial charge < -0.3 is 9.73 Å². The Labute approximate surface area is 133 Å². The molecule has 0 atom stereocenters. The monoisotopic (exact) mass is 314 g/mol. The highest BCUT2D eigenvalue weighted by Crippen LogP contribution is 2.14. The number of oxazole rings is 1. The Hall–Kier alpha value is -2.70. The molecule has 0 saturated carbocycles. The first-order valence-corrected chi connectivity index (χ1v) is 7.66. The lowest BCUT2D eigenvalue weighted by Crippen LogP contribution is -2.28. The molecule has 2 N–H and O–H groups in total. The Morgan fingerprint density at radius 3 is 2.91 bits per heavy atom. The smallest absolute Gasteiger partial charge is 0.240 e. The summed E-state index contributed by atoms with van der Waals surface area (Å²) in [5, 5.41) is 6.79. The van der Waals surface area contributed by atoms with Crippen LogP contribution in [-0.4, -0.2) is 29.1 Å². The first-order chi connectivity index (χ1) is 11.2. The summed E-state index contributed by atoms with van der Waals surface area (Å²) in [7, 11) is 0. The molecular weight excluding hydrogens is 296 g/mol. The molecule has 0 spiro atoms. The first-order valence-electron chi connectivity index (χ1n) is 7.66. The van der Waals surface area contributed by atoms with Crippen molar-refractivity contribution in [2.45, 2.75) is 32.1 Å². The molecular formula is C16H18N4O3. The molecule has 7 heteroatoms. The molecule has 0 unspecified atom stereocenters. The van der Waals surface area contributed by atoms with Crippen LogP contribution in [0, 0.1) is 0 Å². The number of carbonyl (C=O) groups excluding carboxylic acids is 2. The molecule has 0 bridgehead atoms.